The minimum absolute atomic E-state index is 0.139. The van der Waals surface area contributed by atoms with Crippen molar-refractivity contribution < 1.29 is 9.72 Å². The molecule has 0 spiro atoms. The molecule has 3 rings (SSSR count). The van der Waals surface area contributed by atoms with Gasteiger partial charge in [0.15, 0.2) is 5.82 Å². The van der Waals surface area contributed by atoms with Gasteiger partial charge in [0.1, 0.15) is 6.04 Å². The Labute approximate surface area is 165 Å². The molecule has 3 aromatic rings. The van der Waals surface area contributed by atoms with Crippen LogP contribution in [0.4, 0.5) is 11.4 Å². The second-order valence-electron chi connectivity index (χ2n) is 6.73. The van der Waals surface area contributed by atoms with Gasteiger partial charge in [-0.1, -0.05) is 6.07 Å². The Morgan fingerprint density at radius 1 is 1.14 bits per heavy atom. The highest BCUT2D eigenvalue weighted by Gasteiger charge is 2.20. The molecule has 29 heavy (non-hydrogen) atoms. The molecule has 10 heteroatoms. The number of amides is 1. The van der Waals surface area contributed by atoms with Crippen LogP contribution in [-0.2, 0) is 4.79 Å². The number of nitro groups is 1. The first-order valence-electron chi connectivity index (χ1n) is 8.87. The third-order valence-corrected chi connectivity index (χ3v) is 4.47. The summed E-state index contributed by atoms with van der Waals surface area (Å²) < 4.78 is 2.65. The number of aromatic nitrogens is 4. The van der Waals surface area contributed by atoms with E-state index in [-0.39, 0.29) is 5.69 Å². The molecule has 10 nitrogen and oxygen atoms in total. The highest BCUT2D eigenvalue weighted by molar-refractivity contribution is 5.94. The van der Waals surface area contributed by atoms with E-state index >= 15 is 0 Å². The van der Waals surface area contributed by atoms with Crippen molar-refractivity contribution >= 4 is 17.3 Å². The molecule has 0 saturated carbocycles. The summed E-state index contributed by atoms with van der Waals surface area (Å²) in [5.41, 5.74) is 2.01. The maximum Gasteiger partial charge on any atom is 0.271 e. The van der Waals surface area contributed by atoms with Crippen LogP contribution < -0.4 is 10.9 Å². The van der Waals surface area contributed by atoms with Crippen molar-refractivity contribution in [3.05, 3.63) is 73.8 Å². The van der Waals surface area contributed by atoms with Gasteiger partial charge in [0.05, 0.1) is 16.3 Å². The summed E-state index contributed by atoms with van der Waals surface area (Å²) in [5, 5.41) is 22.2. The van der Waals surface area contributed by atoms with Crippen molar-refractivity contribution in [1.82, 2.24) is 19.6 Å². The molecule has 2 heterocycles. The van der Waals surface area contributed by atoms with Crippen LogP contribution >= 0.6 is 0 Å². The number of hydrogen-bond acceptors (Lipinski definition) is 6. The molecular formula is C19H20N6O4. The number of anilines is 1. The first kappa shape index (κ1) is 19.9. The van der Waals surface area contributed by atoms with Gasteiger partial charge in [-0.3, -0.25) is 19.7 Å². The molecule has 0 saturated heterocycles. The monoisotopic (exact) mass is 396 g/mol. The van der Waals surface area contributed by atoms with Crippen molar-refractivity contribution in [3.63, 3.8) is 0 Å². The Balaban J connectivity index is 1.91. The van der Waals surface area contributed by atoms with Gasteiger partial charge < -0.3 is 5.32 Å². The molecule has 0 fully saturated rings. The molecular weight excluding hydrogens is 376 g/mol. The van der Waals surface area contributed by atoms with E-state index in [1.807, 2.05) is 19.9 Å². The van der Waals surface area contributed by atoms with Gasteiger partial charge >= 0.3 is 0 Å². The zero-order chi connectivity index (χ0) is 21.3. The smallest absolute Gasteiger partial charge is 0.271 e. The molecule has 0 aliphatic heterocycles. The summed E-state index contributed by atoms with van der Waals surface area (Å²) in [7, 11) is 0. The van der Waals surface area contributed by atoms with E-state index in [9.17, 15) is 19.7 Å². The summed E-state index contributed by atoms with van der Waals surface area (Å²) in [6.07, 6.45) is 0. The Hall–Kier alpha value is -3.82. The van der Waals surface area contributed by atoms with Gasteiger partial charge in [0, 0.05) is 23.9 Å². The van der Waals surface area contributed by atoms with Gasteiger partial charge in [0.25, 0.3) is 11.2 Å². The Kier molecular flexibility index (Phi) is 5.26. The number of rotatable bonds is 5. The van der Waals surface area contributed by atoms with Gasteiger partial charge in [-0.2, -0.15) is 5.10 Å². The van der Waals surface area contributed by atoms with Crippen LogP contribution in [0.5, 0.6) is 0 Å². The molecule has 150 valence electrons. The number of hydrogen-bond donors (Lipinski definition) is 1. The molecule has 1 N–H and O–H groups in total. The number of carbonyl (C=O) groups excluding carboxylic acids is 1. The van der Waals surface area contributed by atoms with E-state index in [2.05, 4.69) is 15.5 Å². The van der Waals surface area contributed by atoms with E-state index in [1.54, 1.807) is 17.7 Å². The topological polar surface area (TPSA) is 125 Å². The fourth-order valence-corrected chi connectivity index (χ4v) is 2.87. The van der Waals surface area contributed by atoms with Crippen LogP contribution in [0.15, 0.2) is 41.2 Å². The SMILES string of the molecule is Cc1cc(C)n(-c2ccc(=O)n(C(C)C(=O)Nc3cc([N+](=O)[O-])ccc3C)n2)n1. The summed E-state index contributed by atoms with van der Waals surface area (Å²) in [4.78, 5) is 35.5. The number of non-ortho nitro benzene ring substituents is 1. The molecule has 0 aliphatic carbocycles. The number of benzene rings is 1. The second-order valence-corrected chi connectivity index (χ2v) is 6.73. The summed E-state index contributed by atoms with van der Waals surface area (Å²) in [5.74, 6) is -0.116. The molecule has 0 aliphatic rings. The van der Waals surface area contributed by atoms with E-state index in [4.69, 9.17) is 0 Å². The maximum atomic E-state index is 12.7. The fraction of sp³-hybridized carbons (Fsp3) is 0.263. The molecule has 0 radical (unpaired) electrons. The summed E-state index contributed by atoms with van der Waals surface area (Å²) in [6.45, 7) is 6.95. The Morgan fingerprint density at radius 3 is 2.48 bits per heavy atom. The van der Waals surface area contributed by atoms with Gasteiger partial charge in [-0.05, 0) is 45.4 Å². The van der Waals surface area contributed by atoms with E-state index in [1.165, 1.54) is 31.2 Å². The van der Waals surface area contributed by atoms with Crippen LogP contribution in [0, 0.1) is 30.9 Å². The van der Waals surface area contributed by atoms with Crippen LogP contribution in [0.3, 0.4) is 0 Å². The maximum absolute atomic E-state index is 12.7. The van der Waals surface area contributed by atoms with Crippen LogP contribution in [0.2, 0.25) is 0 Å². The van der Waals surface area contributed by atoms with E-state index in [0.29, 0.717) is 17.1 Å². The second kappa shape index (κ2) is 7.66. The van der Waals surface area contributed by atoms with Gasteiger partial charge in [-0.25, -0.2) is 9.36 Å². The number of carbonyl (C=O) groups is 1. The zero-order valence-electron chi connectivity index (χ0n) is 16.4. The molecule has 1 aromatic carbocycles. The van der Waals surface area contributed by atoms with Gasteiger partial charge in [0.2, 0.25) is 5.91 Å². The minimum Gasteiger partial charge on any atom is -0.324 e. The molecule has 0 bridgehead atoms. The average molecular weight is 396 g/mol. The minimum atomic E-state index is -0.946. The first-order valence-corrected chi connectivity index (χ1v) is 8.87. The highest BCUT2D eigenvalue weighted by atomic mass is 16.6. The third-order valence-electron chi connectivity index (χ3n) is 4.47. The molecule has 1 unspecified atom stereocenters. The lowest BCUT2D eigenvalue weighted by Gasteiger charge is -2.16. The molecule has 1 atom stereocenters. The van der Waals surface area contributed by atoms with Crippen molar-refractivity contribution in [3.8, 4) is 5.82 Å². The van der Waals surface area contributed by atoms with Crippen LogP contribution in [0.1, 0.15) is 29.9 Å². The van der Waals surface area contributed by atoms with E-state index < -0.39 is 22.4 Å². The van der Waals surface area contributed by atoms with E-state index in [0.717, 1.165) is 16.1 Å². The van der Waals surface area contributed by atoms with Crippen molar-refractivity contribution in [1.29, 1.82) is 0 Å². The lowest BCUT2D eigenvalue weighted by Crippen LogP contribution is -2.34. The largest absolute Gasteiger partial charge is 0.324 e. The normalized spacial score (nSPS) is 11.9. The fourth-order valence-electron chi connectivity index (χ4n) is 2.87. The Morgan fingerprint density at radius 2 is 1.86 bits per heavy atom. The highest BCUT2D eigenvalue weighted by Crippen LogP contribution is 2.22. The van der Waals surface area contributed by atoms with Crippen LogP contribution in [-0.4, -0.2) is 30.4 Å². The number of nitrogens with zero attached hydrogens (tertiary/aromatic N) is 5. The third kappa shape index (κ3) is 4.05. The number of nitro benzene ring substituents is 1. The molecule has 1 amide bonds. The predicted molar refractivity (Wildman–Crippen MR) is 106 cm³/mol. The lowest BCUT2D eigenvalue weighted by molar-refractivity contribution is -0.384. The standard InChI is InChI=1S/C19H20N6O4/c1-11-5-6-15(25(28)29)10-16(11)20-19(27)14(4)24-18(26)8-7-17(22-24)23-13(3)9-12(2)21-23/h5-10,14H,1-4H3,(H,20,27). The lowest BCUT2D eigenvalue weighted by atomic mass is 10.1. The summed E-state index contributed by atoms with van der Waals surface area (Å²) in [6, 6.07) is 7.97. The van der Waals surface area contributed by atoms with Crippen molar-refractivity contribution in [2.45, 2.75) is 33.7 Å². The average Bonchev–Trinajstić information content (AvgIpc) is 3.01. The quantitative estimate of drug-likeness (QED) is 0.522. The van der Waals surface area contributed by atoms with Crippen molar-refractivity contribution in [2.75, 3.05) is 5.32 Å². The van der Waals surface area contributed by atoms with Gasteiger partial charge in [-0.15, -0.1) is 5.10 Å². The van der Waals surface area contributed by atoms with Crippen LogP contribution in [0.25, 0.3) is 5.82 Å². The zero-order valence-corrected chi connectivity index (χ0v) is 16.4. The summed E-state index contributed by atoms with van der Waals surface area (Å²) >= 11 is 0. The molecule has 2 aromatic heterocycles. The predicted octanol–water partition coefficient (Wildman–Crippen LogP) is 2.46. The number of aryl methyl sites for hydroxylation is 3. The first-order chi connectivity index (χ1) is 13.7. The Bertz CT molecular complexity index is 1160. The number of nitrogens with one attached hydrogen (secondary N) is 1. The van der Waals surface area contributed by atoms with Crippen molar-refractivity contribution in [2.24, 2.45) is 0 Å².